The Morgan fingerprint density at radius 3 is 2.72 bits per heavy atom. The Hall–Kier alpha value is -1.51. The minimum atomic E-state index is 0.0697. The molecule has 1 aromatic carbocycles. The number of piperidine rings is 1. The lowest BCUT2D eigenvalue weighted by molar-refractivity contribution is 0.0584. The van der Waals surface area contributed by atoms with E-state index in [0.717, 1.165) is 25.1 Å². The monoisotopic (exact) mass is 246 g/mol. The molecule has 18 heavy (non-hydrogen) atoms. The van der Waals surface area contributed by atoms with Crippen molar-refractivity contribution in [2.75, 3.05) is 18.8 Å². The van der Waals surface area contributed by atoms with E-state index in [1.807, 2.05) is 30.0 Å². The number of nitrogen functional groups attached to an aromatic ring is 1. The summed E-state index contributed by atoms with van der Waals surface area (Å²) in [6.07, 6.45) is 2.25. The number of amides is 1. The highest BCUT2D eigenvalue weighted by Crippen LogP contribution is 2.29. The molecule has 2 N–H and O–H groups in total. The molecule has 0 aliphatic carbocycles. The number of nitrogens with zero attached hydrogens (tertiary/aromatic N) is 1. The van der Waals surface area contributed by atoms with Gasteiger partial charge in [0.1, 0.15) is 0 Å². The molecule has 1 heterocycles. The molecule has 0 unspecified atom stereocenters. The number of anilines is 1. The molecule has 3 heteroatoms. The summed E-state index contributed by atoms with van der Waals surface area (Å²) in [5.41, 5.74) is 8.47. The van der Waals surface area contributed by atoms with Gasteiger partial charge in [-0.15, -0.1) is 0 Å². The third-order valence-electron chi connectivity index (χ3n) is 3.63. The van der Waals surface area contributed by atoms with Gasteiger partial charge in [-0.2, -0.15) is 0 Å². The second-order valence-electron chi connectivity index (χ2n) is 6.09. The standard InChI is InChI=1S/C15H22N2O/c1-11-5-6-12(13(16)9-11)14(18)17-8-4-7-15(2,3)10-17/h5-6,9H,4,7-8,10,16H2,1-3H3. The molecular formula is C15H22N2O. The predicted octanol–water partition coefficient (Wildman–Crippen LogP) is 2.84. The summed E-state index contributed by atoms with van der Waals surface area (Å²) in [7, 11) is 0. The van der Waals surface area contributed by atoms with Crippen LogP contribution in [0.15, 0.2) is 18.2 Å². The number of likely N-dealkylation sites (tertiary alicyclic amines) is 1. The van der Waals surface area contributed by atoms with Crippen molar-refractivity contribution < 1.29 is 4.79 Å². The molecule has 1 fully saturated rings. The predicted molar refractivity (Wildman–Crippen MR) is 74.5 cm³/mol. The first-order valence-electron chi connectivity index (χ1n) is 6.54. The van der Waals surface area contributed by atoms with Gasteiger partial charge >= 0.3 is 0 Å². The second-order valence-corrected chi connectivity index (χ2v) is 6.09. The number of benzene rings is 1. The fourth-order valence-electron chi connectivity index (χ4n) is 2.64. The van der Waals surface area contributed by atoms with Crippen LogP contribution in [0.3, 0.4) is 0 Å². The van der Waals surface area contributed by atoms with Gasteiger partial charge in [0.05, 0.1) is 5.56 Å². The molecule has 1 aliphatic rings. The van der Waals surface area contributed by atoms with E-state index in [1.165, 1.54) is 6.42 Å². The first-order chi connectivity index (χ1) is 8.39. The van der Waals surface area contributed by atoms with Crippen LogP contribution in [0.25, 0.3) is 0 Å². The van der Waals surface area contributed by atoms with Crippen LogP contribution in [0, 0.1) is 12.3 Å². The summed E-state index contributed by atoms with van der Waals surface area (Å²) in [4.78, 5) is 14.4. The topological polar surface area (TPSA) is 46.3 Å². The molecule has 0 bridgehead atoms. The average Bonchev–Trinajstić information content (AvgIpc) is 2.27. The van der Waals surface area contributed by atoms with Crippen LogP contribution < -0.4 is 5.73 Å². The van der Waals surface area contributed by atoms with Crippen molar-refractivity contribution in [3.63, 3.8) is 0 Å². The molecule has 0 saturated carbocycles. The lowest BCUT2D eigenvalue weighted by Crippen LogP contribution is -2.43. The molecular weight excluding hydrogens is 224 g/mol. The van der Waals surface area contributed by atoms with Gasteiger partial charge in [-0.3, -0.25) is 4.79 Å². The molecule has 2 rings (SSSR count). The van der Waals surface area contributed by atoms with Gasteiger partial charge in [0, 0.05) is 18.8 Å². The Morgan fingerprint density at radius 2 is 2.11 bits per heavy atom. The van der Waals surface area contributed by atoms with Crippen LogP contribution in [0.1, 0.15) is 42.6 Å². The summed E-state index contributed by atoms with van der Waals surface area (Å²) in [5.74, 6) is 0.0697. The lowest BCUT2D eigenvalue weighted by Gasteiger charge is -2.38. The van der Waals surface area contributed by atoms with E-state index in [2.05, 4.69) is 13.8 Å². The molecule has 1 aliphatic heterocycles. The number of aryl methyl sites for hydroxylation is 1. The van der Waals surface area contributed by atoms with Crippen molar-refractivity contribution in [3.05, 3.63) is 29.3 Å². The summed E-state index contributed by atoms with van der Waals surface area (Å²) >= 11 is 0. The van der Waals surface area contributed by atoms with Gasteiger partial charge in [0.2, 0.25) is 0 Å². The summed E-state index contributed by atoms with van der Waals surface area (Å²) in [6, 6.07) is 5.65. The molecule has 1 saturated heterocycles. The van der Waals surface area contributed by atoms with E-state index < -0.39 is 0 Å². The highest BCUT2D eigenvalue weighted by Gasteiger charge is 2.30. The molecule has 0 aromatic heterocycles. The van der Waals surface area contributed by atoms with Crippen molar-refractivity contribution >= 4 is 11.6 Å². The highest BCUT2D eigenvalue weighted by molar-refractivity contribution is 5.99. The highest BCUT2D eigenvalue weighted by atomic mass is 16.2. The van der Waals surface area contributed by atoms with Crippen molar-refractivity contribution in [2.45, 2.75) is 33.6 Å². The van der Waals surface area contributed by atoms with E-state index in [-0.39, 0.29) is 11.3 Å². The molecule has 0 radical (unpaired) electrons. The van der Waals surface area contributed by atoms with E-state index in [9.17, 15) is 4.79 Å². The van der Waals surface area contributed by atoms with Gasteiger partial charge in [0.25, 0.3) is 5.91 Å². The maximum Gasteiger partial charge on any atom is 0.255 e. The fraction of sp³-hybridized carbons (Fsp3) is 0.533. The number of carbonyl (C=O) groups excluding carboxylic acids is 1. The zero-order chi connectivity index (χ0) is 13.3. The molecule has 3 nitrogen and oxygen atoms in total. The lowest BCUT2D eigenvalue weighted by atomic mass is 9.84. The maximum atomic E-state index is 12.5. The smallest absolute Gasteiger partial charge is 0.255 e. The molecule has 98 valence electrons. The van der Waals surface area contributed by atoms with Crippen LogP contribution in [-0.2, 0) is 0 Å². The molecule has 1 amide bonds. The third kappa shape index (κ3) is 2.66. The number of carbonyl (C=O) groups is 1. The van der Waals surface area contributed by atoms with E-state index in [0.29, 0.717) is 11.3 Å². The molecule has 0 spiro atoms. The van der Waals surface area contributed by atoms with Crippen LogP contribution in [0.4, 0.5) is 5.69 Å². The minimum absolute atomic E-state index is 0.0697. The number of hydrogen-bond donors (Lipinski definition) is 1. The third-order valence-corrected chi connectivity index (χ3v) is 3.63. The summed E-state index contributed by atoms with van der Waals surface area (Å²) in [6.45, 7) is 8.07. The molecule has 1 aromatic rings. The Labute approximate surface area is 109 Å². The Morgan fingerprint density at radius 1 is 1.39 bits per heavy atom. The Balaban J connectivity index is 2.20. The van der Waals surface area contributed by atoms with Gasteiger partial charge < -0.3 is 10.6 Å². The van der Waals surface area contributed by atoms with Crippen molar-refractivity contribution in [3.8, 4) is 0 Å². The average molecular weight is 246 g/mol. The zero-order valence-corrected chi connectivity index (χ0v) is 11.5. The summed E-state index contributed by atoms with van der Waals surface area (Å²) < 4.78 is 0. The number of rotatable bonds is 1. The van der Waals surface area contributed by atoms with E-state index in [4.69, 9.17) is 5.73 Å². The van der Waals surface area contributed by atoms with Crippen LogP contribution in [-0.4, -0.2) is 23.9 Å². The van der Waals surface area contributed by atoms with Crippen LogP contribution in [0.5, 0.6) is 0 Å². The zero-order valence-electron chi connectivity index (χ0n) is 11.5. The number of hydrogen-bond acceptors (Lipinski definition) is 2. The maximum absolute atomic E-state index is 12.5. The normalized spacial score (nSPS) is 18.7. The quantitative estimate of drug-likeness (QED) is 0.774. The molecule has 0 atom stereocenters. The van der Waals surface area contributed by atoms with Crippen molar-refractivity contribution in [1.29, 1.82) is 0 Å². The van der Waals surface area contributed by atoms with Crippen LogP contribution >= 0.6 is 0 Å². The van der Waals surface area contributed by atoms with Gasteiger partial charge in [-0.25, -0.2) is 0 Å². The van der Waals surface area contributed by atoms with Crippen molar-refractivity contribution in [1.82, 2.24) is 4.90 Å². The van der Waals surface area contributed by atoms with Gasteiger partial charge in [-0.1, -0.05) is 19.9 Å². The largest absolute Gasteiger partial charge is 0.398 e. The van der Waals surface area contributed by atoms with E-state index >= 15 is 0 Å². The first-order valence-corrected chi connectivity index (χ1v) is 6.54. The minimum Gasteiger partial charge on any atom is -0.398 e. The fourth-order valence-corrected chi connectivity index (χ4v) is 2.64. The van der Waals surface area contributed by atoms with Crippen molar-refractivity contribution in [2.24, 2.45) is 5.41 Å². The first kappa shape index (κ1) is 12.9. The summed E-state index contributed by atoms with van der Waals surface area (Å²) in [5, 5.41) is 0. The van der Waals surface area contributed by atoms with Crippen LogP contribution in [0.2, 0.25) is 0 Å². The Bertz CT molecular complexity index is 466. The van der Waals surface area contributed by atoms with Gasteiger partial charge in [-0.05, 0) is 42.9 Å². The second kappa shape index (κ2) is 4.63. The van der Waals surface area contributed by atoms with E-state index in [1.54, 1.807) is 0 Å². The SMILES string of the molecule is Cc1ccc(C(=O)N2CCCC(C)(C)C2)c(N)c1. The number of nitrogens with two attached hydrogens (primary N) is 1. The van der Waals surface area contributed by atoms with Gasteiger partial charge in [0.15, 0.2) is 0 Å². The Kier molecular flexibility index (Phi) is 3.33.